The molecule has 12 heteroatoms. The van der Waals surface area contributed by atoms with Crippen LogP contribution in [0.25, 0.3) is 0 Å². The van der Waals surface area contributed by atoms with Crippen molar-refractivity contribution in [1.82, 2.24) is 0 Å². The summed E-state index contributed by atoms with van der Waals surface area (Å²) in [6, 6.07) is -5.64. The van der Waals surface area contributed by atoms with Gasteiger partial charge in [0, 0.05) is 12.8 Å². The molecule has 0 aromatic rings. The van der Waals surface area contributed by atoms with Crippen LogP contribution in [0.15, 0.2) is 0 Å². The van der Waals surface area contributed by atoms with E-state index in [1.165, 1.54) is 0 Å². The summed E-state index contributed by atoms with van der Waals surface area (Å²) >= 11 is 0. The molecule has 3 unspecified atom stereocenters. The summed E-state index contributed by atoms with van der Waals surface area (Å²) in [5, 5.41) is 0. The molecule has 0 amide bonds. The number of rotatable bonds is 4. The Bertz CT molecular complexity index is 438. The highest BCUT2D eigenvalue weighted by molar-refractivity contribution is 5.08. The smallest absolute Gasteiger partial charge is 0.273 e. The molecule has 0 saturated carbocycles. The molecule has 0 spiro atoms. The molecule has 0 radical (unpaired) electrons. The van der Waals surface area contributed by atoms with Gasteiger partial charge in [0.25, 0.3) is 5.85 Å². The van der Waals surface area contributed by atoms with Crippen molar-refractivity contribution in [2.45, 2.75) is 62.5 Å². The number of hydrogen-bond acceptors (Lipinski definition) is 2. The van der Waals surface area contributed by atoms with Crippen LogP contribution < -0.4 is 0 Å². The average Bonchev–Trinajstić information content (AvgIpc) is 2.58. The van der Waals surface area contributed by atoms with Crippen LogP contribution in [0.3, 0.4) is 0 Å². The maximum Gasteiger partial charge on any atom is 0.478 e. The van der Waals surface area contributed by atoms with Crippen molar-refractivity contribution in [3.8, 4) is 0 Å². The normalized spacial score (nSPS) is 37.6. The molecule has 2 nitrogen and oxygen atoms in total. The fourth-order valence-corrected chi connectivity index (χ4v) is 1.72. The molecule has 22 heavy (non-hydrogen) atoms. The highest BCUT2D eigenvalue weighted by Gasteiger charge is 2.88. The summed E-state index contributed by atoms with van der Waals surface area (Å²) < 4.78 is 138. The summed E-state index contributed by atoms with van der Waals surface area (Å²) in [7, 11) is 0. The van der Waals surface area contributed by atoms with E-state index >= 15 is 0 Å². The third kappa shape index (κ3) is 2.25. The number of alkyl halides is 10. The molecule has 0 aromatic heterocycles. The zero-order valence-electron chi connectivity index (χ0n) is 11.0. The van der Waals surface area contributed by atoms with Gasteiger partial charge in [0.15, 0.2) is 0 Å². The quantitative estimate of drug-likeness (QED) is 0.687. The van der Waals surface area contributed by atoms with Gasteiger partial charge in [-0.3, -0.25) is 9.47 Å². The van der Waals surface area contributed by atoms with Crippen LogP contribution in [0.1, 0.15) is 26.7 Å². The van der Waals surface area contributed by atoms with Crippen LogP contribution in [0.4, 0.5) is 43.9 Å². The zero-order chi connectivity index (χ0) is 17.8. The maximum absolute atomic E-state index is 14.2. The second-order valence-electron chi connectivity index (χ2n) is 4.55. The first-order valence-electron chi connectivity index (χ1n) is 5.83. The predicted molar refractivity (Wildman–Crippen MR) is 50.2 cm³/mol. The van der Waals surface area contributed by atoms with Crippen LogP contribution in [-0.2, 0) is 9.47 Å². The summed E-state index contributed by atoms with van der Waals surface area (Å²) in [6.45, 7) is 0.922. The molecular weight excluding hydrogens is 342 g/mol. The lowest BCUT2D eigenvalue weighted by Gasteiger charge is -2.38. The molecule has 132 valence electrons. The highest BCUT2D eigenvalue weighted by Crippen LogP contribution is 2.62. The van der Waals surface area contributed by atoms with Crippen molar-refractivity contribution >= 4 is 0 Å². The lowest BCUT2D eigenvalue weighted by atomic mass is 9.93. The second kappa shape index (κ2) is 4.86. The SMILES string of the molecule is CCC(F)(F)C(F)(F)C1(F)OC(F)(C(F)(F)F)OC1(F)CC. The van der Waals surface area contributed by atoms with Crippen molar-refractivity contribution in [3.63, 3.8) is 0 Å². The molecule has 1 saturated heterocycles. The lowest BCUT2D eigenvalue weighted by molar-refractivity contribution is -0.441. The Balaban J connectivity index is 3.49. The predicted octanol–water partition coefficient (Wildman–Crippen LogP) is 4.64. The van der Waals surface area contributed by atoms with E-state index in [2.05, 4.69) is 9.47 Å². The fourth-order valence-electron chi connectivity index (χ4n) is 1.72. The summed E-state index contributed by atoms with van der Waals surface area (Å²) in [5.74, 6) is -22.0. The van der Waals surface area contributed by atoms with E-state index in [1.807, 2.05) is 0 Å². The Labute approximate surface area is 117 Å². The molecule has 1 heterocycles. The Morgan fingerprint density at radius 3 is 1.59 bits per heavy atom. The molecule has 1 rings (SSSR count). The molecule has 0 aliphatic carbocycles. The third-order valence-electron chi connectivity index (χ3n) is 3.15. The van der Waals surface area contributed by atoms with Gasteiger partial charge in [0.05, 0.1) is 0 Å². The van der Waals surface area contributed by atoms with Crippen molar-refractivity contribution < 1.29 is 53.4 Å². The van der Waals surface area contributed by atoms with Crippen LogP contribution in [-0.4, -0.2) is 35.8 Å². The zero-order valence-corrected chi connectivity index (χ0v) is 11.0. The summed E-state index contributed by atoms with van der Waals surface area (Å²) in [4.78, 5) is 0. The second-order valence-corrected chi connectivity index (χ2v) is 4.55. The monoisotopic (exact) mass is 352 g/mol. The average molecular weight is 352 g/mol. The van der Waals surface area contributed by atoms with Crippen LogP contribution in [0.5, 0.6) is 0 Å². The van der Waals surface area contributed by atoms with Gasteiger partial charge in [-0.15, -0.1) is 0 Å². The minimum absolute atomic E-state index is 0.436. The highest BCUT2D eigenvalue weighted by atomic mass is 19.4. The van der Waals surface area contributed by atoms with Gasteiger partial charge in [0.1, 0.15) is 0 Å². The van der Waals surface area contributed by atoms with E-state index in [4.69, 9.17) is 0 Å². The molecule has 1 aliphatic rings. The standard InChI is InChI=1S/C10H10F10O2/c1-3-5(11,12)7(14,15)8(16)6(13,4-2)21-10(20,22-8)9(17,18)19/h3-4H2,1-2H3. The first kappa shape index (κ1) is 19.3. The van der Waals surface area contributed by atoms with Crippen LogP contribution in [0.2, 0.25) is 0 Å². The van der Waals surface area contributed by atoms with E-state index in [-0.39, 0.29) is 0 Å². The minimum atomic E-state index is -6.30. The molecule has 0 aromatic carbocycles. The van der Waals surface area contributed by atoms with E-state index in [1.54, 1.807) is 0 Å². The topological polar surface area (TPSA) is 18.5 Å². The van der Waals surface area contributed by atoms with Crippen molar-refractivity contribution in [1.29, 1.82) is 0 Å². The summed E-state index contributed by atoms with van der Waals surface area (Å²) in [6.07, 6.45) is -9.73. The first-order chi connectivity index (χ1) is 9.54. The largest absolute Gasteiger partial charge is 0.478 e. The lowest BCUT2D eigenvalue weighted by Crippen LogP contribution is -2.64. The van der Waals surface area contributed by atoms with Crippen LogP contribution >= 0.6 is 0 Å². The van der Waals surface area contributed by atoms with Crippen LogP contribution in [0, 0.1) is 0 Å². The third-order valence-corrected chi connectivity index (χ3v) is 3.15. The van der Waals surface area contributed by atoms with E-state index in [9.17, 15) is 43.9 Å². The Hall–Kier alpha value is -0.780. The first-order valence-corrected chi connectivity index (χ1v) is 5.83. The van der Waals surface area contributed by atoms with Crippen molar-refractivity contribution in [2.75, 3.05) is 0 Å². The van der Waals surface area contributed by atoms with Gasteiger partial charge >= 0.3 is 29.9 Å². The van der Waals surface area contributed by atoms with Gasteiger partial charge in [-0.05, 0) is 0 Å². The minimum Gasteiger partial charge on any atom is -0.273 e. The Kier molecular flexibility index (Phi) is 4.25. The van der Waals surface area contributed by atoms with Gasteiger partial charge in [-0.2, -0.15) is 39.5 Å². The molecule has 0 bridgehead atoms. The van der Waals surface area contributed by atoms with E-state index < -0.39 is 48.6 Å². The van der Waals surface area contributed by atoms with Gasteiger partial charge in [-0.25, -0.2) is 4.39 Å². The van der Waals surface area contributed by atoms with Gasteiger partial charge < -0.3 is 0 Å². The summed E-state index contributed by atoms with van der Waals surface area (Å²) in [5.41, 5.74) is 0. The van der Waals surface area contributed by atoms with Crippen molar-refractivity contribution in [2.24, 2.45) is 0 Å². The molecule has 1 aliphatic heterocycles. The molecule has 0 N–H and O–H groups in total. The van der Waals surface area contributed by atoms with Gasteiger partial charge in [0.2, 0.25) is 0 Å². The van der Waals surface area contributed by atoms with Gasteiger partial charge in [-0.1, -0.05) is 13.8 Å². The Morgan fingerprint density at radius 1 is 0.818 bits per heavy atom. The maximum atomic E-state index is 14.2. The Morgan fingerprint density at radius 2 is 1.27 bits per heavy atom. The fraction of sp³-hybridized carbons (Fsp3) is 1.00. The molecular formula is C10H10F10O2. The number of hydrogen-bond donors (Lipinski definition) is 0. The number of halogens is 10. The van der Waals surface area contributed by atoms with E-state index in [0.717, 1.165) is 0 Å². The molecule has 1 fully saturated rings. The van der Waals surface area contributed by atoms with Crippen molar-refractivity contribution in [3.05, 3.63) is 0 Å². The number of ether oxygens (including phenoxy) is 2. The van der Waals surface area contributed by atoms with E-state index in [0.29, 0.717) is 13.8 Å². The molecule has 3 atom stereocenters.